The zero-order valence-electron chi connectivity index (χ0n) is 21.2. The minimum absolute atomic E-state index is 0.0923. The van der Waals surface area contributed by atoms with Crippen LogP contribution in [-0.2, 0) is 15.7 Å². The molecule has 2 aromatic rings. The molecule has 2 atom stereocenters. The van der Waals surface area contributed by atoms with E-state index in [9.17, 15) is 9.00 Å². The van der Waals surface area contributed by atoms with Gasteiger partial charge in [0.15, 0.2) is 0 Å². The third kappa shape index (κ3) is 3.88. The number of carbonyl (C=O) groups excluding carboxylic acids is 1. The lowest BCUT2D eigenvalue weighted by Gasteiger charge is -2.54. The number of halogens is 1. The summed E-state index contributed by atoms with van der Waals surface area (Å²) in [7, 11) is -3.09. The molecule has 11 heteroatoms. The van der Waals surface area contributed by atoms with E-state index in [1.807, 2.05) is 27.7 Å². The van der Waals surface area contributed by atoms with Crippen LogP contribution >= 0.6 is 0 Å². The number of aromatic nitrogens is 2. The quantitative estimate of drug-likeness (QED) is 0.397. The van der Waals surface area contributed by atoms with Crippen LogP contribution in [-0.4, -0.2) is 49.1 Å². The Bertz CT molecular complexity index is 1220. The molecule has 1 aromatic heterocycles. The van der Waals surface area contributed by atoms with Crippen molar-refractivity contribution in [2.45, 2.75) is 68.9 Å². The van der Waals surface area contributed by atoms with Crippen LogP contribution in [0.5, 0.6) is 5.88 Å². The van der Waals surface area contributed by atoms with E-state index in [2.05, 4.69) is 20.0 Å². The van der Waals surface area contributed by atoms with Gasteiger partial charge in [-0.2, -0.15) is 0 Å². The second-order valence-electron chi connectivity index (χ2n) is 9.21. The zero-order valence-corrected chi connectivity index (χ0v) is 22.1. The van der Waals surface area contributed by atoms with E-state index in [4.69, 9.17) is 15.5 Å². The molecule has 1 saturated heterocycles. The molecule has 4 N–H and O–H groups in total. The van der Waals surface area contributed by atoms with Crippen LogP contribution < -0.4 is 20.5 Å². The Morgan fingerprint density at radius 2 is 1.97 bits per heavy atom. The lowest BCUT2D eigenvalue weighted by molar-refractivity contribution is 0.102. The molecule has 0 saturated carbocycles. The number of aliphatic imine (C=N–C) groups is 1. The lowest BCUT2D eigenvalue weighted by Crippen LogP contribution is -2.67. The molecule has 3 heterocycles. The number of thiol groups is 1. The number of nitrogens with one attached hydrogen (secondary N) is 2. The third-order valence-corrected chi connectivity index (χ3v) is 12.1. The number of anilines is 1. The summed E-state index contributed by atoms with van der Waals surface area (Å²) < 4.78 is 37.9. The number of amides is 1. The topological polar surface area (TPSA) is 132 Å². The summed E-state index contributed by atoms with van der Waals surface area (Å²) in [6.07, 6.45) is 4.87. The Balaban J connectivity index is 1.75. The number of benzene rings is 1. The Morgan fingerprint density at radius 1 is 1.22 bits per heavy atom. The van der Waals surface area contributed by atoms with Crippen molar-refractivity contribution < 1.29 is 18.1 Å². The van der Waals surface area contributed by atoms with Crippen molar-refractivity contribution in [1.82, 2.24) is 14.7 Å². The molecule has 0 radical (unpaired) electrons. The molecule has 2 aliphatic heterocycles. The van der Waals surface area contributed by atoms with Gasteiger partial charge in [-0.05, 0) is 60.9 Å². The molecular weight excluding hydrogens is 483 g/mol. The van der Waals surface area contributed by atoms with Gasteiger partial charge in [0.2, 0.25) is 5.88 Å². The van der Waals surface area contributed by atoms with Gasteiger partial charge >= 0.3 is 0 Å². The van der Waals surface area contributed by atoms with E-state index in [1.54, 1.807) is 6.07 Å². The number of ether oxygens (including phenoxy) is 1. The van der Waals surface area contributed by atoms with Crippen LogP contribution in [0, 0.1) is 5.82 Å². The highest BCUT2D eigenvalue weighted by molar-refractivity contribution is 8.04. The first kappa shape index (κ1) is 26.2. The molecule has 196 valence electrons. The summed E-state index contributed by atoms with van der Waals surface area (Å²) in [5, 5.41) is 2.36. The van der Waals surface area contributed by atoms with Crippen molar-refractivity contribution in [2.75, 3.05) is 18.5 Å². The predicted octanol–water partition coefficient (Wildman–Crippen LogP) is 3.10. The molecule has 0 spiro atoms. The van der Waals surface area contributed by atoms with Gasteiger partial charge in [0, 0.05) is 17.8 Å². The largest absolute Gasteiger partial charge is 0.477 e. The fourth-order valence-electron chi connectivity index (χ4n) is 5.82. The van der Waals surface area contributed by atoms with E-state index in [-0.39, 0.29) is 11.3 Å². The molecule has 1 amide bonds. The fourth-order valence-corrected chi connectivity index (χ4v) is 10.2. The second kappa shape index (κ2) is 9.85. The number of rotatable bonds is 8. The standard InChI is InChI=1S/C25H35FN6O3S/c1-5-24(6-2)23(27)32-25(7-3,20-11-12-30-36(20,24)34)17-13-16(9-10-18(17)26)31-22(33)19-14-29-21(15-28-19)35-8-4/h9-10,13-15,20,36H,5-8,11-12H2,1-4H3,(H2,27,32)(H,30,34)(H,31,33)/t20-,25+/m0/s1. The summed E-state index contributed by atoms with van der Waals surface area (Å²) in [5.74, 6) is -0.349. The highest BCUT2D eigenvalue weighted by Crippen LogP contribution is 2.53. The molecule has 4 rings (SSSR count). The van der Waals surface area contributed by atoms with Crippen molar-refractivity contribution in [3.63, 3.8) is 0 Å². The lowest BCUT2D eigenvalue weighted by atomic mass is 9.81. The van der Waals surface area contributed by atoms with Gasteiger partial charge in [0.25, 0.3) is 5.91 Å². The molecular formula is C25H35FN6O3S. The average molecular weight is 519 g/mol. The van der Waals surface area contributed by atoms with Gasteiger partial charge in [0.05, 0.1) is 29.0 Å². The number of hydrogen-bond donors (Lipinski definition) is 4. The minimum atomic E-state index is -3.09. The van der Waals surface area contributed by atoms with Gasteiger partial charge in [-0.15, -0.1) is 0 Å². The molecule has 9 nitrogen and oxygen atoms in total. The predicted molar refractivity (Wildman–Crippen MR) is 140 cm³/mol. The van der Waals surface area contributed by atoms with Crippen LogP contribution in [0.2, 0.25) is 0 Å². The van der Waals surface area contributed by atoms with Crippen LogP contribution in [0.3, 0.4) is 0 Å². The monoisotopic (exact) mass is 518 g/mol. The van der Waals surface area contributed by atoms with E-state index < -0.39 is 37.4 Å². The van der Waals surface area contributed by atoms with Crippen molar-refractivity contribution in [3.05, 3.63) is 47.7 Å². The SMILES string of the molecule is CCOc1cnc(C(=O)Nc2ccc(F)c([C@@]3(CC)N=C(N)C(CC)(CC)[SH]4(=O)NCC[C@@H]34)c2)cn1. The van der Waals surface area contributed by atoms with E-state index in [0.717, 1.165) is 0 Å². The molecule has 1 aromatic carbocycles. The molecule has 0 unspecified atom stereocenters. The highest BCUT2D eigenvalue weighted by atomic mass is 32.3. The van der Waals surface area contributed by atoms with Gasteiger partial charge in [-0.3, -0.25) is 18.7 Å². The van der Waals surface area contributed by atoms with Crippen LogP contribution in [0.4, 0.5) is 10.1 Å². The number of nitrogens with zero attached hydrogens (tertiary/aromatic N) is 3. The number of nitrogens with two attached hydrogens (primary N) is 1. The minimum Gasteiger partial charge on any atom is -0.477 e. The number of amidine groups is 1. The van der Waals surface area contributed by atoms with Crippen molar-refractivity contribution in [2.24, 2.45) is 10.7 Å². The summed E-state index contributed by atoms with van der Waals surface area (Å²) in [5.41, 5.74) is 6.19. The maximum Gasteiger partial charge on any atom is 0.275 e. The fraction of sp³-hybridized carbons (Fsp3) is 0.520. The summed E-state index contributed by atoms with van der Waals surface area (Å²) in [6, 6.07) is 4.35. The number of carbonyl (C=O) groups is 1. The molecule has 0 aliphatic carbocycles. The third-order valence-electron chi connectivity index (χ3n) is 7.74. The van der Waals surface area contributed by atoms with Crippen LogP contribution in [0.1, 0.15) is 69.4 Å². The average Bonchev–Trinajstić information content (AvgIpc) is 3.29. The summed E-state index contributed by atoms with van der Waals surface area (Å²) >= 11 is 0. The van der Waals surface area contributed by atoms with Crippen molar-refractivity contribution in [1.29, 1.82) is 0 Å². The Labute approximate surface area is 212 Å². The highest BCUT2D eigenvalue weighted by Gasteiger charge is 2.61. The first-order valence-corrected chi connectivity index (χ1v) is 14.3. The second-order valence-corrected chi connectivity index (χ2v) is 12.3. The number of fused-ring (bicyclic) bond motifs is 1. The first-order chi connectivity index (χ1) is 17.2. The van der Waals surface area contributed by atoms with Gasteiger partial charge in [0.1, 0.15) is 22.9 Å². The maximum atomic E-state index is 15.5. The first-order valence-electron chi connectivity index (χ1n) is 12.5. The van der Waals surface area contributed by atoms with Crippen molar-refractivity contribution >= 4 is 27.5 Å². The molecule has 36 heavy (non-hydrogen) atoms. The molecule has 0 bridgehead atoms. The van der Waals surface area contributed by atoms with Gasteiger partial charge < -0.3 is 15.8 Å². The number of hydrogen-bond acceptors (Lipinski definition) is 7. The van der Waals surface area contributed by atoms with Crippen LogP contribution in [0.25, 0.3) is 0 Å². The normalized spacial score (nSPS) is 24.9. The van der Waals surface area contributed by atoms with Gasteiger partial charge in [-0.1, -0.05) is 20.8 Å². The smallest absolute Gasteiger partial charge is 0.275 e. The van der Waals surface area contributed by atoms with Crippen molar-refractivity contribution in [3.8, 4) is 5.88 Å². The van der Waals surface area contributed by atoms with E-state index in [1.165, 1.54) is 24.5 Å². The van der Waals surface area contributed by atoms with E-state index >= 15 is 4.39 Å². The molecule has 2 aliphatic rings. The summed E-state index contributed by atoms with van der Waals surface area (Å²) in [6.45, 7) is 8.68. The Kier molecular flexibility index (Phi) is 7.16. The Morgan fingerprint density at radius 3 is 2.58 bits per heavy atom. The molecule has 1 fully saturated rings. The zero-order chi connectivity index (χ0) is 26.1. The van der Waals surface area contributed by atoms with Crippen LogP contribution in [0.15, 0.2) is 35.6 Å². The van der Waals surface area contributed by atoms with E-state index in [0.29, 0.717) is 56.2 Å². The summed E-state index contributed by atoms with van der Waals surface area (Å²) in [4.78, 5) is 25.9. The maximum absolute atomic E-state index is 15.5. The Hall–Kier alpha value is -2.92. The van der Waals surface area contributed by atoms with Gasteiger partial charge in [-0.25, -0.2) is 14.4 Å².